The number of nitro groups is 2. The molecule has 10 heteroatoms. The predicted octanol–water partition coefficient (Wildman–Crippen LogP) is 2.85. The third-order valence-corrected chi connectivity index (χ3v) is 5.91. The molecule has 0 bridgehead atoms. The summed E-state index contributed by atoms with van der Waals surface area (Å²) in [4.78, 5) is 35.9. The summed E-state index contributed by atoms with van der Waals surface area (Å²) in [6.07, 6.45) is 1.35. The van der Waals surface area contributed by atoms with Gasteiger partial charge < -0.3 is 4.74 Å². The Kier molecular flexibility index (Phi) is 4.96. The fourth-order valence-electron chi connectivity index (χ4n) is 4.57. The minimum Gasteiger partial charge on any atom is -0.467 e. The molecule has 0 saturated carbocycles. The van der Waals surface area contributed by atoms with Gasteiger partial charge in [-0.15, -0.1) is 0 Å². The zero-order chi connectivity index (χ0) is 21.5. The number of carbonyl (C=O) groups is 1. The van der Waals surface area contributed by atoms with E-state index in [0.29, 0.717) is 13.0 Å². The molecule has 0 spiro atoms. The highest BCUT2D eigenvalue weighted by atomic mass is 16.6. The van der Waals surface area contributed by atoms with Gasteiger partial charge in [0.25, 0.3) is 11.4 Å². The van der Waals surface area contributed by atoms with E-state index >= 15 is 0 Å². The van der Waals surface area contributed by atoms with E-state index in [1.807, 2.05) is 4.90 Å². The van der Waals surface area contributed by atoms with Crippen LogP contribution in [-0.2, 0) is 9.53 Å². The Balaban J connectivity index is 1.78. The summed E-state index contributed by atoms with van der Waals surface area (Å²) < 4.78 is 5.09. The Bertz CT molecular complexity index is 993. The van der Waals surface area contributed by atoms with Crippen LogP contribution in [0.5, 0.6) is 0 Å². The first kappa shape index (κ1) is 19.9. The molecule has 2 heterocycles. The number of methoxy groups -OCH3 is 1. The van der Waals surface area contributed by atoms with Crippen molar-refractivity contribution in [2.45, 2.75) is 30.6 Å². The second-order valence-corrected chi connectivity index (χ2v) is 7.41. The Labute approximate surface area is 171 Å². The number of benzene rings is 2. The fraction of sp³-hybridized carbons (Fsp3) is 0.350. The highest BCUT2D eigenvalue weighted by Gasteiger charge is 2.59. The smallest absolute Gasteiger partial charge is 0.341 e. The summed E-state index contributed by atoms with van der Waals surface area (Å²) >= 11 is 0. The van der Waals surface area contributed by atoms with Crippen molar-refractivity contribution < 1.29 is 19.4 Å². The number of nitro benzene ring substituents is 2. The van der Waals surface area contributed by atoms with E-state index in [9.17, 15) is 25.0 Å². The van der Waals surface area contributed by atoms with Gasteiger partial charge in [0.2, 0.25) is 0 Å². The molecule has 30 heavy (non-hydrogen) atoms. The van der Waals surface area contributed by atoms with Crippen LogP contribution in [-0.4, -0.2) is 40.0 Å². The molecule has 2 aliphatic rings. The van der Waals surface area contributed by atoms with Crippen molar-refractivity contribution in [3.63, 3.8) is 0 Å². The number of hydrogen-bond donors (Lipinski definition) is 1. The molecule has 2 fully saturated rings. The predicted molar refractivity (Wildman–Crippen MR) is 105 cm³/mol. The van der Waals surface area contributed by atoms with E-state index in [-0.39, 0.29) is 23.5 Å². The van der Waals surface area contributed by atoms with Crippen molar-refractivity contribution in [2.24, 2.45) is 0 Å². The monoisotopic (exact) mass is 412 g/mol. The van der Waals surface area contributed by atoms with E-state index < -0.39 is 21.5 Å². The molecule has 10 nitrogen and oxygen atoms in total. The van der Waals surface area contributed by atoms with Crippen molar-refractivity contribution in [2.75, 3.05) is 13.7 Å². The average Bonchev–Trinajstić information content (AvgIpc) is 3.30. The van der Waals surface area contributed by atoms with Gasteiger partial charge in [0, 0.05) is 30.8 Å². The standard InChI is InChI=1S/C20H20N4O6/c1-30-19(25)20-11-2-12-22(20)18(14-5-9-16(10-6-14)24(28)29)17(21-20)13-3-7-15(8-4-13)23(26)27/h3-10,17-18,21H,2,11-12H2,1H3/t17-,18+,20-/m0/s1. The molecule has 3 atom stereocenters. The number of hydrogen-bond acceptors (Lipinski definition) is 8. The molecule has 2 saturated heterocycles. The highest BCUT2D eigenvalue weighted by molar-refractivity contribution is 5.81. The van der Waals surface area contributed by atoms with E-state index in [1.54, 1.807) is 24.3 Å². The lowest BCUT2D eigenvalue weighted by atomic mass is 9.93. The summed E-state index contributed by atoms with van der Waals surface area (Å²) in [6, 6.07) is 11.8. The molecule has 0 amide bonds. The number of rotatable bonds is 5. The number of non-ortho nitro benzene ring substituents is 2. The molecular formula is C20H20N4O6. The summed E-state index contributed by atoms with van der Waals surface area (Å²) in [7, 11) is 1.34. The van der Waals surface area contributed by atoms with Crippen molar-refractivity contribution in [3.8, 4) is 0 Å². The highest BCUT2D eigenvalue weighted by Crippen LogP contribution is 2.49. The van der Waals surface area contributed by atoms with Crippen LogP contribution in [0.3, 0.4) is 0 Å². The molecule has 1 N–H and O–H groups in total. The lowest BCUT2D eigenvalue weighted by molar-refractivity contribution is -0.385. The number of carbonyl (C=O) groups excluding carboxylic acids is 1. The molecule has 0 unspecified atom stereocenters. The maximum atomic E-state index is 12.8. The molecule has 0 radical (unpaired) electrons. The zero-order valence-corrected chi connectivity index (χ0v) is 16.2. The minimum absolute atomic E-state index is 0.0164. The minimum atomic E-state index is -1.01. The molecule has 0 aromatic heterocycles. The molecule has 2 aromatic carbocycles. The van der Waals surface area contributed by atoms with E-state index in [1.165, 1.54) is 31.4 Å². The van der Waals surface area contributed by atoms with Crippen molar-refractivity contribution in [1.82, 2.24) is 10.2 Å². The van der Waals surface area contributed by atoms with Crippen LogP contribution in [0.4, 0.5) is 11.4 Å². The summed E-state index contributed by atoms with van der Waals surface area (Å²) in [6.45, 7) is 0.646. The van der Waals surface area contributed by atoms with Crippen molar-refractivity contribution >= 4 is 17.3 Å². The van der Waals surface area contributed by atoms with Crippen LogP contribution in [0, 0.1) is 20.2 Å². The van der Waals surface area contributed by atoms with Crippen LogP contribution in [0.15, 0.2) is 48.5 Å². The van der Waals surface area contributed by atoms with Crippen LogP contribution in [0.25, 0.3) is 0 Å². The van der Waals surface area contributed by atoms with Crippen LogP contribution in [0.2, 0.25) is 0 Å². The van der Waals surface area contributed by atoms with Gasteiger partial charge in [-0.25, -0.2) is 4.79 Å². The first-order valence-electron chi connectivity index (χ1n) is 9.49. The van der Waals surface area contributed by atoms with Crippen LogP contribution < -0.4 is 5.32 Å². The zero-order valence-electron chi connectivity index (χ0n) is 16.2. The Morgan fingerprint density at radius 1 is 1.03 bits per heavy atom. The number of nitrogens with one attached hydrogen (secondary N) is 1. The SMILES string of the molecule is COC(=O)[C@]12CCCN1[C@H](c1ccc([N+](=O)[O-])cc1)[C@H](c1ccc([N+](=O)[O-])cc1)N2. The van der Waals surface area contributed by atoms with Gasteiger partial charge in [0.1, 0.15) is 0 Å². The topological polar surface area (TPSA) is 128 Å². The maximum Gasteiger partial charge on any atom is 0.341 e. The molecule has 0 aliphatic carbocycles. The molecule has 4 rings (SSSR count). The molecular weight excluding hydrogens is 392 g/mol. The number of esters is 1. The van der Waals surface area contributed by atoms with Gasteiger partial charge in [-0.3, -0.25) is 30.4 Å². The second kappa shape index (κ2) is 7.47. The van der Waals surface area contributed by atoms with Crippen molar-refractivity contribution in [3.05, 3.63) is 79.9 Å². The van der Waals surface area contributed by atoms with Crippen LogP contribution >= 0.6 is 0 Å². The van der Waals surface area contributed by atoms with Gasteiger partial charge in [-0.2, -0.15) is 0 Å². The number of fused-ring (bicyclic) bond motifs is 1. The fourth-order valence-corrected chi connectivity index (χ4v) is 4.57. The van der Waals surface area contributed by atoms with Gasteiger partial charge in [-0.1, -0.05) is 24.3 Å². The summed E-state index contributed by atoms with van der Waals surface area (Å²) in [5, 5.41) is 25.5. The van der Waals surface area contributed by atoms with E-state index in [2.05, 4.69) is 5.32 Å². The lowest BCUT2D eigenvalue weighted by Crippen LogP contribution is -2.54. The normalized spacial score (nSPS) is 25.6. The molecule has 2 aromatic rings. The van der Waals surface area contributed by atoms with Gasteiger partial charge >= 0.3 is 5.97 Å². The van der Waals surface area contributed by atoms with Gasteiger partial charge in [0.15, 0.2) is 5.66 Å². The quantitative estimate of drug-likeness (QED) is 0.451. The summed E-state index contributed by atoms with van der Waals surface area (Å²) in [5.41, 5.74) is 0.544. The molecule has 2 aliphatic heterocycles. The number of nitrogens with zero attached hydrogens (tertiary/aromatic N) is 3. The maximum absolute atomic E-state index is 12.8. The largest absolute Gasteiger partial charge is 0.467 e. The van der Waals surface area contributed by atoms with Crippen LogP contribution in [0.1, 0.15) is 36.1 Å². The first-order valence-corrected chi connectivity index (χ1v) is 9.49. The van der Waals surface area contributed by atoms with Gasteiger partial charge in [-0.05, 0) is 24.0 Å². The Morgan fingerprint density at radius 3 is 2.07 bits per heavy atom. The van der Waals surface area contributed by atoms with Crippen molar-refractivity contribution in [1.29, 1.82) is 0 Å². The van der Waals surface area contributed by atoms with Gasteiger partial charge in [0.05, 0.1) is 29.0 Å². The summed E-state index contributed by atoms with van der Waals surface area (Å²) in [5.74, 6) is -0.392. The van der Waals surface area contributed by atoms with E-state index in [4.69, 9.17) is 4.74 Å². The average molecular weight is 412 g/mol. The Hall–Kier alpha value is -3.37. The second-order valence-electron chi connectivity index (χ2n) is 7.41. The molecule has 156 valence electrons. The third kappa shape index (κ3) is 3.10. The lowest BCUT2D eigenvalue weighted by Gasteiger charge is -2.31. The Morgan fingerprint density at radius 2 is 1.57 bits per heavy atom. The first-order chi connectivity index (χ1) is 14.4. The van der Waals surface area contributed by atoms with E-state index in [0.717, 1.165) is 17.5 Å². The number of ether oxygens (including phenoxy) is 1. The third-order valence-electron chi connectivity index (χ3n) is 5.91.